The predicted octanol–water partition coefficient (Wildman–Crippen LogP) is 3.10. The van der Waals surface area contributed by atoms with Gasteiger partial charge in [0.05, 0.1) is 11.1 Å². The van der Waals surface area contributed by atoms with Gasteiger partial charge in [0, 0.05) is 30.4 Å². The standard InChI is InChI=1S/C18H15ClF4N2O4S/c19-11-6-10(7-13(21)17(11)23)24-18(27)9-1-2-12(20)16(5-9)30(28,29)25-4-3-15(26)14(22)8-25/h1-2,5-7,14-15,26H,3-4,8H2,(H,24,27). The van der Waals surface area contributed by atoms with E-state index in [0.29, 0.717) is 10.4 Å². The van der Waals surface area contributed by atoms with Crippen LogP contribution in [-0.2, 0) is 10.0 Å². The molecule has 1 amide bonds. The van der Waals surface area contributed by atoms with Gasteiger partial charge in [-0.1, -0.05) is 11.6 Å². The molecule has 1 aliphatic heterocycles. The summed E-state index contributed by atoms with van der Waals surface area (Å²) in [7, 11) is -4.50. The third kappa shape index (κ3) is 4.43. The Morgan fingerprint density at radius 1 is 1.17 bits per heavy atom. The molecule has 6 nitrogen and oxygen atoms in total. The third-order valence-corrected chi connectivity index (χ3v) is 6.68. The van der Waals surface area contributed by atoms with Crippen molar-refractivity contribution in [3.05, 3.63) is 58.4 Å². The number of piperidine rings is 1. The van der Waals surface area contributed by atoms with Gasteiger partial charge in [0.1, 0.15) is 16.9 Å². The predicted molar refractivity (Wildman–Crippen MR) is 100.0 cm³/mol. The lowest BCUT2D eigenvalue weighted by molar-refractivity contribution is 0.0303. The fraction of sp³-hybridized carbons (Fsp3) is 0.278. The summed E-state index contributed by atoms with van der Waals surface area (Å²) in [5.41, 5.74) is -0.507. The Kier molecular flexibility index (Phi) is 6.37. The number of hydrogen-bond acceptors (Lipinski definition) is 4. The van der Waals surface area contributed by atoms with Crippen molar-refractivity contribution in [2.24, 2.45) is 0 Å². The number of nitrogens with one attached hydrogen (secondary N) is 1. The summed E-state index contributed by atoms with van der Waals surface area (Å²) < 4.78 is 80.8. The molecule has 1 saturated heterocycles. The number of anilines is 1. The second-order valence-electron chi connectivity index (χ2n) is 6.59. The van der Waals surface area contributed by atoms with Crippen LogP contribution in [0.3, 0.4) is 0 Å². The van der Waals surface area contributed by atoms with E-state index in [1.165, 1.54) is 0 Å². The molecule has 2 atom stereocenters. The maximum absolute atomic E-state index is 14.2. The number of amides is 1. The van der Waals surface area contributed by atoms with Crippen LogP contribution in [0.15, 0.2) is 35.2 Å². The summed E-state index contributed by atoms with van der Waals surface area (Å²) in [4.78, 5) is 11.5. The van der Waals surface area contributed by atoms with Crippen molar-refractivity contribution in [1.82, 2.24) is 4.31 Å². The van der Waals surface area contributed by atoms with Gasteiger partial charge in [-0.05, 0) is 30.7 Å². The number of aliphatic hydroxyl groups is 1. The number of rotatable bonds is 4. The van der Waals surface area contributed by atoms with Gasteiger partial charge in [0.2, 0.25) is 10.0 Å². The topological polar surface area (TPSA) is 86.7 Å². The zero-order chi connectivity index (χ0) is 22.2. The molecule has 30 heavy (non-hydrogen) atoms. The first-order valence-electron chi connectivity index (χ1n) is 8.58. The minimum absolute atomic E-state index is 0.168. The van der Waals surface area contributed by atoms with Crippen LogP contribution in [0.2, 0.25) is 5.02 Å². The number of carbonyl (C=O) groups is 1. The maximum Gasteiger partial charge on any atom is 0.255 e. The van der Waals surface area contributed by atoms with E-state index >= 15 is 0 Å². The van der Waals surface area contributed by atoms with E-state index in [9.17, 15) is 35.9 Å². The molecular formula is C18H15ClF4N2O4S. The van der Waals surface area contributed by atoms with Crippen LogP contribution in [0.25, 0.3) is 0 Å². The van der Waals surface area contributed by atoms with Gasteiger partial charge in [-0.2, -0.15) is 4.31 Å². The molecule has 2 aromatic rings. The molecule has 2 aromatic carbocycles. The first-order valence-corrected chi connectivity index (χ1v) is 10.4. The van der Waals surface area contributed by atoms with Crippen LogP contribution in [-0.4, -0.2) is 49.1 Å². The van der Waals surface area contributed by atoms with E-state index < -0.39 is 62.1 Å². The molecule has 162 valence electrons. The SMILES string of the molecule is O=C(Nc1cc(F)c(F)c(Cl)c1)c1ccc(F)c(S(=O)(=O)N2CCC(O)C(F)C2)c1. The highest BCUT2D eigenvalue weighted by Crippen LogP contribution is 2.27. The number of carbonyl (C=O) groups excluding carboxylic acids is 1. The van der Waals surface area contributed by atoms with Crippen LogP contribution in [0.4, 0.5) is 23.2 Å². The molecule has 3 rings (SSSR count). The monoisotopic (exact) mass is 466 g/mol. The second kappa shape index (κ2) is 8.50. The number of benzene rings is 2. The minimum atomic E-state index is -4.50. The Bertz CT molecular complexity index is 1080. The Labute approximate surface area is 174 Å². The van der Waals surface area contributed by atoms with Crippen molar-refractivity contribution in [2.45, 2.75) is 23.6 Å². The number of alkyl halides is 1. The summed E-state index contributed by atoms with van der Waals surface area (Å²) in [6.45, 7) is -0.889. The van der Waals surface area contributed by atoms with Crippen LogP contribution in [0, 0.1) is 17.5 Å². The molecule has 0 radical (unpaired) electrons. The first-order chi connectivity index (χ1) is 14.0. The molecule has 1 fully saturated rings. The van der Waals surface area contributed by atoms with Gasteiger partial charge in [-0.3, -0.25) is 4.79 Å². The van der Waals surface area contributed by atoms with Gasteiger partial charge < -0.3 is 10.4 Å². The number of hydrogen-bond donors (Lipinski definition) is 2. The van der Waals surface area contributed by atoms with Gasteiger partial charge in [0.25, 0.3) is 5.91 Å². The minimum Gasteiger partial charge on any atom is -0.390 e. The summed E-state index contributed by atoms with van der Waals surface area (Å²) in [5.74, 6) is -4.72. The lowest BCUT2D eigenvalue weighted by Gasteiger charge is -2.31. The molecule has 0 spiro atoms. The Morgan fingerprint density at radius 2 is 1.87 bits per heavy atom. The Balaban J connectivity index is 1.88. The second-order valence-corrected chi connectivity index (χ2v) is 8.90. The third-order valence-electron chi connectivity index (χ3n) is 4.52. The van der Waals surface area contributed by atoms with Crippen molar-refractivity contribution in [3.63, 3.8) is 0 Å². The molecule has 0 bridgehead atoms. The van der Waals surface area contributed by atoms with E-state index in [0.717, 1.165) is 24.3 Å². The van der Waals surface area contributed by atoms with Gasteiger partial charge in [-0.15, -0.1) is 0 Å². The zero-order valence-corrected chi connectivity index (χ0v) is 16.7. The summed E-state index contributed by atoms with van der Waals surface area (Å²) in [5, 5.41) is 11.0. The van der Waals surface area contributed by atoms with Gasteiger partial charge in [0.15, 0.2) is 11.6 Å². The highest BCUT2D eigenvalue weighted by atomic mass is 35.5. The van der Waals surface area contributed by atoms with Crippen molar-refractivity contribution >= 4 is 33.2 Å². The van der Waals surface area contributed by atoms with Crippen LogP contribution in [0.1, 0.15) is 16.8 Å². The summed E-state index contributed by atoms with van der Waals surface area (Å²) in [6, 6.07) is 4.09. The maximum atomic E-state index is 14.2. The number of sulfonamides is 1. The molecule has 1 heterocycles. The van der Waals surface area contributed by atoms with Crippen LogP contribution >= 0.6 is 11.6 Å². The van der Waals surface area contributed by atoms with E-state index in [4.69, 9.17) is 11.6 Å². The highest BCUT2D eigenvalue weighted by Gasteiger charge is 2.36. The van der Waals surface area contributed by atoms with E-state index in [1.54, 1.807) is 0 Å². The van der Waals surface area contributed by atoms with Crippen molar-refractivity contribution < 1.29 is 35.9 Å². The molecule has 12 heteroatoms. The zero-order valence-electron chi connectivity index (χ0n) is 15.1. The number of nitrogens with zero attached hydrogens (tertiary/aromatic N) is 1. The number of halogens is 5. The summed E-state index contributed by atoms with van der Waals surface area (Å²) >= 11 is 5.51. The van der Waals surface area contributed by atoms with Crippen LogP contribution in [0.5, 0.6) is 0 Å². The average Bonchev–Trinajstić information content (AvgIpc) is 2.68. The lowest BCUT2D eigenvalue weighted by Crippen LogP contribution is -2.47. The van der Waals surface area contributed by atoms with Crippen molar-refractivity contribution in [1.29, 1.82) is 0 Å². The smallest absolute Gasteiger partial charge is 0.255 e. The Hall–Kier alpha value is -2.21. The molecular weight excluding hydrogens is 452 g/mol. The van der Waals surface area contributed by atoms with E-state index in [-0.39, 0.29) is 24.2 Å². The fourth-order valence-corrected chi connectivity index (χ4v) is 4.66. The normalized spacial score (nSPS) is 20.2. The highest BCUT2D eigenvalue weighted by molar-refractivity contribution is 7.89. The average molecular weight is 467 g/mol. The fourth-order valence-electron chi connectivity index (χ4n) is 2.90. The van der Waals surface area contributed by atoms with E-state index in [1.807, 2.05) is 0 Å². The Morgan fingerprint density at radius 3 is 2.50 bits per heavy atom. The largest absolute Gasteiger partial charge is 0.390 e. The van der Waals surface area contributed by atoms with Crippen molar-refractivity contribution in [2.75, 3.05) is 18.4 Å². The van der Waals surface area contributed by atoms with E-state index in [2.05, 4.69) is 5.32 Å². The molecule has 0 saturated carbocycles. The molecule has 1 aliphatic rings. The first kappa shape index (κ1) is 22.5. The van der Waals surface area contributed by atoms with Crippen LogP contribution < -0.4 is 5.32 Å². The van der Waals surface area contributed by atoms with Crippen molar-refractivity contribution in [3.8, 4) is 0 Å². The number of aliphatic hydroxyl groups excluding tert-OH is 1. The molecule has 2 N–H and O–H groups in total. The summed E-state index contributed by atoms with van der Waals surface area (Å²) in [6.07, 6.45) is -3.32. The van der Waals surface area contributed by atoms with Gasteiger partial charge >= 0.3 is 0 Å². The van der Waals surface area contributed by atoms with Gasteiger partial charge in [-0.25, -0.2) is 26.0 Å². The molecule has 0 aromatic heterocycles. The molecule has 0 aliphatic carbocycles. The lowest BCUT2D eigenvalue weighted by atomic mass is 10.1. The quantitative estimate of drug-likeness (QED) is 0.535. The molecule has 2 unspecified atom stereocenters.